The Bertz CT molecular complexity index is 268. The zero-order valence-electron chi connectivity index (χ0n) is 8.97. The maximum atomic E-state index is 5.80. The fraction of sp³-hybridized carbons (Fsp3) is 0.500. The van der Waals surface area contributed by atoms with Crippen LogP contribution >= 0.6 is 23.2 Å². The molecule has 0 aliphatic heterocycles. The normalized spacial score (nSPS) is 11.4. The monoisotopic (exact) mass is 245 g/mol. The lowest BCUT2D eigenvalue weighted by atomic mass is 9.95. The molecule has 0 aromatic heterocycles. The summed E-state index contributed by atoms with van der Waals surface area (Å²) in [6.45, 7) is 2.16. The number of hydrogen-bond donors (Lipinski definition) is 1. The van der Waals surface area contributed by atoms with Crippen molar-refractivity contribution < 1.29 is 0 Å². The van der Waals surface area contributed by atoms with Gasteiger partial charge in [0, 0.05) is 23.0 Å². The van der Waals surface area contributed by atoms with Gasteiger partial charge in [0.25, 0.3) is 0 Å². The van der Waals surface area contributed by atoms with Crippen LogP contribution in [0.5, 0.6) is 0 Å². The van der Waals surface area contributed by atoms with Gasteiger partial charge in [-0.15, -0.1) is 23.2 Å². The second-order valence-corrected chi connectivity index (χ2v) is 4.69. The number of alkyl halides is 2. The van der Waals surface area contributed by atoms with Crippen LogP contribution in [0.4, 0.5) is 5.69 Å². The number of anilines is 1. The maximum absolute atomic E-state index is 5.80. The Balaban J connectivity index is 2.66. The number of para-hydroxylation sites is 1. The minimum absolute atomic E-state index is 0.00907. The number of hydrogen-bond acceptors (Lipinski definition) is 1. The highest BCUT2D eigenvalue weighted by atomic mass is 35.5. The van der Waals surface area contributed by atoms with Crippen LogP contribution in [0, 0.1) is 0 Å². The second kappa shape index (κ2) is 6.24. The highest BCUT2D eigenvalue weighted by molar-refractivity contribution is 6.18. The van der Waals surface area contributed by atoms with Crippen molar-refractivity contribution in [2.45, 2.75) is 25.3 Å². The number of halogens is 2. The first-order chi connectivity index (χ1) is 7.20. The van der Waals surface area contributed by atoms with Crippen molar-refractivity contribution in [3.05, 3.63) is 30.3 Å². The summed E-state index contributed by atoms with van der Waals surface area (Å²) in [5, 5.41) is 3.49. The van der Waals surface area contributed by atoms with Crippen LogP contribution in [-0.2, 0) is 0 Å². The molecular formula is C12H17Cl2N. The quantitative estimate of drug-likeness (QED) is 0.744. The van der Waals surface area contributed by atoms with Gasteiger partial charge in [-0.05, 0) is 31.9 Å². The smallest absolute Gasteiger partial charge is 0.0368 e. The van der Waals surface area contributed by atoms with Crippen molar-refractivity contribution >= 4 is 28.9 Å². The highest BCUT2D eigenvalue weighted by Gasteiger charge is 2.22. The van der Waals surface area contributed by atoms with Gasteiger partial charge in [0.05, 0.1) is 0 Å². The summed E-state index contributed by atoms with van der Waals surface area (Å²) < 4.78 is 0. The van der Waals surface area contributed by atoms with E-state index in [0.29, 0.717) is 11.8 Å². The fourth-order valence-electron chi connectivity index (χ4n) is 1.54. The predicted octanol–water partition coefficient (Wildman–Crippen LogP) is 4.12. The number of rotatable bonds is 6. The summed E-state index contributed by atoms with van der Waals surface area (Å²) in [7, 11) is 0. The molecule has 1 nitrogen and oxygen atoms in total. The fourth-order valence-corrected chi connectivity index (χ4v) is 2.37. The molecule has 84 valence electrons. The van der Waals surface area contributed by atoms with E-state index in [1.165, 1.54) is 0 Å². The average Bonchev–Trinajstić information content (AvgIpc) is 2.19. The Morgan fingerprint density at radius 2 is 1.60 bits per heavy atom. The largest absolute Gasteiger partial charge is 0.380 e. The lowest BCUT2D eigenvalue weighted by Crippen LogP contribution is -2.35. The molecule has 1 N–H and O–H groups in total. The Morgan fingerprint density at radius 1 is 1.07 bits per heavy atom. The Kier molecular flexibility index (Phi) is 5.27. The molecule has 0 heterocycles. The van der Waals surface area contributed by atoms with Crippen LogP contribution in [-0.4, -0.2) is 17.3 Å². The van der Waals surface area contributed by atoms with Gasteiger partial charge in [0.1, 0.15) is 0 Å². The minimum Gasteiger partial charge on any atom is -0.380 e. The van der Waals surface area contributed by atoms with Crippen molar-refractivity contribution in [3.63, 3.8) is 0 Å². The molecule has 0 amide bonds. The van der Waals surface area contributed by atoms with Crippen LogP contribution in [0.25, 0.3) is 0 Å². The zero-order valence-corrected chi connectivity index (χ0v) is 10.5. The maximum Gasteiger partial charge on any atom is 0.0368 e. The average molecular weight is 246 g/mol. The zero-order chi connectivity index (χ0) is 11.1. The van der Waals surface area contributed by atoms with Crippen molar-refractivity contribution in [2.75, 3.05) is 17.1 Å². The molecule has 0 spiro atoms. The Labute approximate surface area is 102 Å². The van der Waals surface area contributed by atoms with E-state index in [-0.39, 0.29) is 5.54 Å². The van der Waals surface area contributed by atoms with E-state index >= 15 is 0 Å². The molecular weight excluding hydrogens is 229 g/mol. The van der Waals surface area contributed by atoms with Crippen molar-refractivity contribution in [1.29, 1.82) is 0 Å². The number of benzene rings is 1. The Hall–Kier alpha value is -0.400. The molecule has 0 saturated heterocycles. The van der Waals surface area contributed by atoms with Crippen LogP contribution in [0.3, 0.4) is 0 Å². The molecule has 0 atom stereocenters. The standard InChI is InChI=1S/C12H17Cl2N/c1-12(7-9-13,8-10-14)15-11-5-3-2-4-6-11/h2-6,15H,7-10H2,1H3. The molecule has 3 heteroatoms. The topological polar surface area (TPSA) is 12.0 Å². The van der Waals surface area contributed by atoms with Crippen LogP contribution in [0.1, 0.15) is 19.8 Å². The minimum atomic E-state index is -0.00907. The summed E-state index contributed by atoms with van der Waals surface area (Å²) in [5.74, 6) is 1.29. The second-order valence-electron chi connectivity index (χ2n) is 3.93. The van der Waals surface area contributed by atoms with E-state index in [1.54, 1.807) is 0 Å². The van der Waals surface area contributed by atoms with Gasteiger partial charge < -0.3 is 5.32 Å². The molecule has 1 aromatic carbocycles. The predicted molar refractivity (Wildman–Crippen MR) is 69.1 cm³/mol. The third kappa shape index (κ3) is 4.31. The van der Waals surface area contributed by atoms with Crippen molar-refractivity contribution in [1.82, 2.24) is 0 Å². The number of nitrogens with one attached hydrogen (secondary N) is 1. The van der Waals surface area contributed by atoms with Crippen molar-refractivity contribution in [2.24, 2.45) is 0 Å². The van der Waals surface area contributed by atoms with Gasteiger partial charge in [-0.3, -0.25) is 0 Å². The molecule has 15 heavy (non-hydrogen) atoms. The molecule has 0 saturated carbocycles. The Morgan fingerprint density at radius 3 is 2.07 bits per heavy atom. The van der Waals surface area contributed by atoms with Gasteiger partial charge in [-0.25, -0.2) is 0 Å². The van der Waals surface area contributed by atoms with Crippen LogP contribution in [0.2, 0.25) is 0 Å². The SMILES string of the molecule is CC(CCCl)(CCCl)Nc1ccccc1. The summed E-state index contributed by atoms with van der Waals surface area (Å²) in [6.07, 6.45) is 1.83. The molecule has 0 aliphatic rings. The van der Waals surface area contributed by atoms with Crippen LogP contribution < -0.4 is 5.32 Å². The van der Waals surface area contributed by atoms with Gasteiger partial charge in [-0.1, -0.05) is 18.2 Å². The first-order valence-electron chi connectivity index (χ1n) is 5.15. The van der Waals surface area contributed by atoms with Gasteiger partial charge in [-0.2, -0.15) is 0 Å². The van der Waals surface area contributed by atoms with E-state index in [1.807, 2.05) is 18.2 Å². The van der Waals surface area contributed by atoms with Crippen molar-refractivity contribution in [3.8, 4) is 0 Å². The van der Waals surface area contributed by atoms with Gasteiger partial charge >= 0.3 is 0 Å². The lowest BCUT2D eigenvalue weighted by molar-refractivity contribution is 0.484. The summed E-state index contributed by atoms with van der Waals surface area (Å²) >= 11 is 11.6. The van der Waals surface area contributed by atoms with E-state index < -0.39 is 0 Å². The summed E-state index contributed by atoms with van der Waals surface area (Å²) in [4.78, 5) is 0. The molecule has 0 fully saturated rings. The van der Waals surface area contributed by atoms with Gasteiger partial charge in [0.15, 0.2) is 0 Å². The van der Waals surface area contributed by atoms with E-state index in [0.717, 1.165) is 18.5 Å². The summed E-state index contributed by atoms with van der Waals surface area (Å²) in [5.41, 5.74) is 1.11. The molecule has 0 unspecified atom stereocenters. The lowest BCUT2D eigenvalue weighted by Gasteiger charge is -2.30. The first-order valence-corrected chi connectivity index (χ1v) is 6.22. The van der Waals surface area contributed by atoms with E-state index in [9.17, 15) is 0 Å². The van der Waals surface area contributed by atoms with Crippen LogP contribution in [0.15, 0.2) is 30.3 Å². The molecule has 0 radical (unpaired) electrons. The molecule has 0 bridgehead atoms. The third-order valence-corrected chi connectivity index (χ3v) is 2.89. The highest BCUT2D eigenvalue weighted by Crippen LogP contribution is 2.22. The molecule has 0 aliphatic carbocycles. The summed E-state index contributed by atoms with van der Waals surface area (Å²) in [6, 6.07) is 10.2. The molecule has 1 aromatic rings. The van der Waals surface area contributed by atoms with E-state index in [4.69, 9.17) is 23.2 Å². The van der Waals surface area contributed by atoms with E-state index in [2.05, 4.69) is 24.4 Å². The third-order valence-electron chi connectivity index (χ3n) is 2.51. The van der Waals surface area contributed by atoms with Gasteiger partial charge in [0.2, 0.25) is 0 Å². The molecule has 1 rings (SSSR count). The first kappa shape index (κ1) is 12.7.